The monoisotopic (exact) mass is 543 g/mol. The van der Waals surface area contributed by atoms with Crippen LogP contribution < -0.4 is 15.0 Å². The van der Waals surface area contributed by atoms with Crippen molar-refractivity contribution in [2.45, 2.75) is 58.5 Å². The molecule has 37 heavy (non-hydrogen) atoms. The second-order valence-corrected chi connectivity index (χ2v) is 11.8. The van der Waals surface area contributed by atoms with E-state index in [4.69, 9.17) is 4.74 Å². The van der Waals surface area contributed by atoms with Gasteiger partial charge in [-0.2, -0.15) is 0 Å². The molecule has 1 saturated carbocycles. The van der Waals surface area contributed by atoms with Crippen LogP contribution in [0.3, 0.4) is 0 Å². The Morgan fingerprint density at radius 3 is 2.49 bits per heavy atom. The lowest BCUT2D eigenvalue weighted by Crippen LogP contribution is -2.42. The average molecular weight is 544 g/mol. The number of thiophene rings is 1. The molecule has 1 fully saturated rings. The number of amides is 2. The van der Waals surface area contributed by atoms with Gasteiger partial charge < -0.3 is 20.1 Å². The van der Waals surface area contributed by atoms with Crippen molar-refractivity contribution >= 4 is 57.8 Å². The second-order valence-electron chi connectivity index (χ2n) is 9.90. The van der Waals surface area contributed by atoms with Crippen molar-refractivity contribution in [3.8, 4) is 16.2 Å². The van der Waals surface area contributed by atoms with Gasteiger partial charge in [0.25, 0.3) is 0 Å². The van der Waals surface area contributed by atoms with E-state index in [9.17, 15) is 19.5 Å². The summed E-state index contributed by atoms with van der Waals surface area (Å²) >= 11 is 2.63. The highest BCUT2D eigenvalue weighted by atomic mass is 32.2. The Morgan fingerprint density at radius 1 is 1.16 bits per heavy atom. The van der Waals surface area contributed by atoms with E-state index in [1.165, 1.54) is 18.9 Å². The molecule has 4 rings (SSSR count). The van der Waals surface area contributed by atoms with E-state index in [1.54, 1.807) is 28.6 Å². The first-order valence-electron chi connectivity index (χ1n) is 12.5. The lowest BCUT2D eigenvalue weighted by atomic mass is 9.82. The van der Waals surface area contributed by atoms with Gasteiger partial charge in [0, 0.05) is 22.6 Å². The number of benzene rings is 1. The molecule has 1 aliphatic carbocycles. The molecule has 0 spiro atoms. The number of carbonyl (C=O) groups is 3. The van der Waals surface area contributed by atoms with Crippen molar-refractivity contribution in [2.24, 2.45) is 16.8 Å². The number of ether oxygens (including phenoxy) is 1. The zero-order valence-corrected chi connectivity index (χ0v) is 23.2. The van der Waals surface area contributed by atoms with Crippen LogP contribution in [-0.4, -0.2) is 53.4 Å². The summed E-state index contributed by atoms with van der Waals surface area (Å²) in [6, 6.07) is 6.50. The first kappa shape index (κ1) is 27.2. The van der Waals surface area contributed by atoms with Gasteiger partial charge in [-0.05, 0) is 69.2 Å². The van der Waals surface area contributed by atoms with Gasteiger partial charge in [-0.15, -0.1) is 23.1 Å². The van der Waals surface area contributed by atoms with Gasteiger partial charge in [-0.3, -0.25) is 14.6 Å². The van der Waals surface area contributed by atoms with Gasteiger partial charge in [0.2, 0.25) is 11.8 Å². The van der Waals surface area contributed by atoms with Crippen molar-refractivity contribution in [2.75, 3.05) is 23.1 Å². The molecule has 8 nitrogen and oxygen atoms in total. The van der Waals surface area contributed by atoms with Crippen LogP contribution in [0.2, 0.25) is 0 Å². The van der Waals surface area contributed by atoms with Gasteiger partial charge in [0.05, 0.1) is 24.0 Å². The number of rotatable bonds is 8. The van der Waals surface area contributed by atoms with Crippen molar-refractivity contribution in [3.05, 3.63) is 29.1 Å². The molecule has 2 aromatic rings. The quantitative estimate of drug-likeness (QED) is 0.437. The number of thioether (sulfide) groups is 1. The third-order valence-electron chi connectivity index (χ3n) is 6.90. The van der Waals surface area contributed by atoms with E-state index < -0.39 is 12.0 Å². The summed E-state index contributed by atoms with van der Waals surface area (Å²) in [7, 11) is 1.52. The number of carboxylic acid groups (broad SMARTS) is 1. The van der Waals surface area contributed by atoms with Crippen molar-refractivity contribution in [1.29, 1.82) is 0 Å². The summed E-state index contributed by atoms with van der Waals surface area (Å²) in [5, 5.41) is 12.9. The standard InChI is InChI=1S/C27H33N3O5S2/c1-15(2)30(26(32)17-7-5-16(3)6-8-17)21-12-23(37-24(21)27(33)34)18-9-10-19(22(11-18)35-4)29-25(31)20-13-36-14-28-20/h9-12,14-17,20H,5-8,13H2,1-4H3,(H,29,31)(H,33,34)/t16-,17-,20?. The SMILES string of the molecule is COc1cc(-c2cc(N(C(=O)[C@H]3CC[C@H](C)CC3)C(C)C)c(C(=O)O)s2)ccc1NC(=O)C1CSC=N1. The maximum Gasteiger partial charge on any atom is 0.348 e. The van der Waals surface area contributed by atoms with E-state index in [2.05, 4.69) is 17.2 Å². The summed E-state index contributed by atoms with van der Waals surface area (Å²) in [4.78, 5) is 45.0. The molecule has 1 atom stereocenters. The third-order valence-corrected chi connectivity index (χ3v) is 8.84. The number of hydrogen-bond acceptors (Lipinski definition) is 7. The lowest BCUT2D eigenvalue weighted by molar-refractivity contribution is -0.124. The predicted octanol–water partition coefficient (Wildman–Crippen LogP) is 5.77. The highest BCUT2D eigenvalue weighted by molar-refractivity contribution is 8.12. The molecule has 2 amide bonds. The van der Waals surface area contributed by atoms with Gasteiger partial charge >= 0.3 is 5.97 Å². The fourth-order valence-electron chi connectivity index (χ4n) is 4.81. The molecule has 1 aliphatic heterocycles. The second kappa shape index (κ2) is 11.7. The summed E-state index contributed by atoms with van der Waals surface area (Å²) in [6.07, 6.45) is 3.69. The zero-order valence-electron chi connectivity index (χ0n) is 21.5. The zero-order chi connectivity index (χ0) is 26.7. The van der Waals surface area contributed by atoms with E-state index >= 15 is 0 Å². The molecule has 2 aliphatic rings. The minimum Gasteiger partial charge on any atom is -0.495 e. The number of aliphatic imine (C=N–C) groups is 1. The molecular formula is C27H33N3O5S2. The average Bonchev–Trinajstić information content (AvgIpc) is 3.56. The van der Waals surface area contributed by atoms with Crippen LogP contribution in [0.25, 0.3) is 10.4 Å². The Hall–Kier alpha value is -2.85. The fraction of sp³-hybridized carbons (Fsp3) is 0.481. The topological polar surface area (TPSA) is 108 Å². The van der Waals surface area contributed by atoms with E-state index in [0.717, 1.165) is 42.6 Å². The van der Waals surface area contributed by atoms with Gasteiger partial charge in [0.1, 0.15) is 16.7 Å². The lowest BCUT2D eigenvalue weighted by Gasteiger charge is -2.33. The summed E-state index contributed by atoms with van der Waals surface area (Å²) < 4.78 is 5.53. The largest absolute Gasteiger partial charge is 0.495 e. The Labute approximate surface area is 225 Å². The number of methoxy groups -OCH3 is 1. The Bertz CT molecular complexity index is 1200. The van der Waals surface area contributed by atoms with Crippen LogP contribution >= 0.6 is 23.1 Å². The Morgan fingerprint density at radius 2 is 1.89 bits per heavy atom. The number of aromatic carboxylic acids is 1. The minimum absolute atomic E-state index is 0.00266. The molecule has 2 heterocycles. The molecule has 0 saturated heterocycles. The molecular weight excluding hydrogens is 510 g/mol. The van der Waals surface area contributed by atoms with E-state index in [1.807, 2.05) is 19.9 Å². The maximum absolute atomic E-state index is 13.6. The summed E-state index contributed by atoms with van der Waals surface area (Å²) in [5.74, 6) is 0.320. The van der Waals surface area contributed by atoms with E-state index in [0.29, 0.717) is 33.7 Å². The summed E-state index contributed by atoms with van der Waals surface area (Å²) in [5.41, 5.74) is 3.37. The molecule has 0 bridgehead atoms. The smallest absolute Gasteiger partial charge is 0.348 e. The third kappa shape index (κ3) is 6.01. The van der Waals surface area contributed by atoms with Gasteiger partial charge in [-0.25, -0.2) is 4.79 Å². The van der Waals surface area contributed by atoms with Crippen molar-refractivity contribution < 1.29 is 24.2 Å². The highest BCUT2D eigenvalue weighted by Gasteiger charge is 2.33. The Kier molecular flexibility index (Phi) is 8.59. The number of nitrogens with zero attached hydrogens (tertiary/aromatic N) is 2. The number of nitrogens with one attached hydrogen (secondary N) is 1. The van der Waals surface area contributed by atoms with Crippen LogP contribution in [0.4, 0.5) is 11.4 Å². The van der Waals surface area contributed by atoms with Crippen molar-refractivity contribution in [1.82, 2.24) is 0 Å². The van der Waals surface area contributed by atoms with Gasteiger partial charge in [-0.1, -0.05) is 13.0 Å². The molecule has 0 radical (unpaired) electrons. The first-order valence-corrected chi connectivity index (χ1v) is 14.4. The van der Waals surface area contributed by atoms with Crippen LogP contribution in [-0.2, 0) is 9.59 Å². The molecule has 1 unspecified atom stereocenters. The van der Waals surface area contributed by atoms with Crippen LogP contribution in [0.15, 0.2) is 29.3 Å². The molecule has 2 N–H and O–H groups in total. The van der Waals surface area contributed by atoms with Crippen LogP contribution in [0.1, 0.15) is 56.1 Å². The molecule has 1 aromatic carbocycles. The van der Waals surface area contributed by atoms with Crippen LogP contribution in [0.5, 0.6) is 5.75 Å². The maximum atomic E-state index is 13.6. The van der Waals surface area contributed by atoms with Crippen LogP contribution in [0, 0.1) is 11.8 Å². The van der Waals surface area contributed by atoms with E-state index in [-0.39, 0.29) is 28.7 Å². The Balaban J connectivity index is 1.64. The van der Waals surface area contributed by atoms with Gasteiger partial charge in [0.15, 0.2) is 0 Å². The molecule has 1 aromatic heterocycles. The minimum atomic E-state index is -1.06. The molecule has 198 valence electrons. The normalized spacial score (nSPS) is 21.2. The first-order chi connectivity index (χ1) is 17.7. The predicted molar refractivity (Wildman–Crippen MR) is 150 cm³/mol. The van der Waals surface area contributed by atoms with Crippen molar-refractivity contribution in [3.63, 3.8) is 0 Å². The fourth-order valence-corrected chi connectivity index (χ4v) is 6.54. The number of hydrogen-bond donors (Lipinski definition) is 2. The number of carbonyl (C=O) groups excluding carboxylic acids is 2. The highest BCUT2D eigenvalue weighted by Crippen LogP contribution is 2.41. The molecule has 10 heteroatoms. The summed E-state index contributed by atoms with van der Waals surface area (Å²) in [6.45, 7) is 6.04. The number of anilines is 2. The number of carboxylic acids is 1.